The number of rotatable bonds is 4. The van der Waals surface area contributed by atoms with Crippen molar-refractivity contribution in [2.45, 2.75) is 6.54 Å². The molecule has 19 heavy (non-hydrogen) atoms. The number of hydrogen-bond acceptors (Lipinski definition) is 3. The van der Waals surface area contributed by atoms with Crippen molar-refractivity contribution >= 4 is 21.7 Å². The van der Waals surface area contributed by atoms with Crippen LogP contribution >= 0.6 is 15.9 Å². The Morgan fingerprint density at radius 2 is 2.05 bits per heavy atom. The Morgan fingerprint density at radius 3 is 2.68 bits per heavy atom. The molecule has 0 atom stereocenters. The van der Waals surface area contributed by atoms with Crippen molar-refractivity contribution in [2.24, 2.45) is 0 Å². The fraction of sp³-hybridized carbons (Fsp3) is 0.154. The molecule has 0 unspecified atom stereocenters. The van der Waals surface area contributed by atoms with Gasteiger partial charge in [0.05, 0.1) is 7.11 Å². The van der Waals surface area contributed by atoms with E-state index < -0.39 is 11.6 Å². The molecule has 1 aromatic carbocycles. The van der Waals surface area contributed by atoms with Crippen molar-refractivity contribution in [3.05, 3.63) is 52.1 Å². The van der Waals surface area contributed by atoms with Crippen molar-refractivity contribution in [3.8, 4) is 5.75 Å². The molecule has 0 amide bonds. The minimum absolute atomic E-state index is 0.108. The van der Waals surface area contributed by atoms with Gasteiger partial charge in [0.2, 0.25) is 0 Å². The van der Waals surface area contributed by atoms with Crippen molar-refractivity contribution in [2.75, 3.05) is 12.4 Å². The van der Waals surface area contributed by atoms with Gasteiger partial charge in [0.1, 0.15) is 11.6 Å². The maximum absolute atomic E-state index is 13.7. The van der Waals surface area contributed by atoms with Crippen LogP contribution in [0.2, 0.25) is 0 Å². The summed E-state index contributed by atoms with van der Waals surface area (Å²) in [5, 5.41) is 2.91. The third-order valence-corrected chi connectivity index (χ3v) is 2.98. The number of methoxy groups -OCH3 is 1. The van der Waals surface area contributed by atoms with Crippen molar-refractivity contribution in [1.82, 2.24) is 4.98 Å². The summed E-state index contributed by atoms with van der Waals surface area (Å²) >= 11 is 3.26. The average molecular weight is 329 g/mol. The van der Waals surface area contributed by atoms with Gasteiger partial charge in [-0.05, 0) is 34.1 Å². The Hall–Kier alpha value is -1.69. The molecular formula is C13H11BrF2N2O. The first-order valence-corrected chi connectivity index (χ1v) is 6.27. The van der Waals surface area contributed by atoms with E-state index in [1.807, 2.05) is 0 Å². The molecule has 0 spiro atoms. The standard InChI is InChI=1S/C13H11BrF2N2O/c1-19-12-5-10(15)8(4-11(12)16)6-17-13-3-2-9(14)7-18-13/h2-5,7H,6H2,1H3,(H,17,18). The molecule has 1 heterocycles. The van der Waals surface area contributed by atoms with E-state index in [1.165, 1.54) is 7.11 Å². The van der Waals surface area contributed by atoms with Gasteiger partial charge in [0.15, 0.2) is 11.6 Å². The van der Waals surface area contributed by atoms with Crippen LogP contribution in [-0.4, -0.2) is 12.1 Å². The zero-order valence-electron chi connectivity index (χ0n) is 10.1. The number of anilines is 1. The predicted molar refractivity (Wildman–Crippen MR) is 72.2 cm³/mol. The van der Waals surface area contributed by atoms with Gasteiger partial charge in [-0.2, -0.15) is 0 Å². The summed E-state index contributed by atoms with van der Waals surface area (Å²) in [6.45, 7) is 0.140. The van der Waals surface area contributed by atoms with Crippen LogP contribution < -0.4 is 10.1 Å². The number of halogens is 3. The Kier molecular flexibility index (Phi) is 4.31. The molecule has 0 bridgehead atoms. The first-order chi connectivity index (χ1) is 9.10. The first-order valence-electron chi connectivity index (χ1n) is 5.47. The Labute approximate surface area is 117 Å². The molecule has 100 valence electrons. The monoisotopic (exact) mass is 328 g/mol. The Bertz CT molecular complexity index is 576. The molecule has 6 heteroatoms. The van der Waals surface area contributed by atoms with Crippen LogP contribution in [-0.2, 0) is 6.54 Å². The summed E-state index contributed by atoms with van der Waals surface area (Å²) in [6, 6.07) is 5.68. The smallest absolute Gasteiger partial charge is 0.165 e. The molecule has 1 aromatic heterocycles. The highest BCUT2D eigenvalue weighted by molar-refractivity contribution is 9.10. The van der Waals surface area contributed by atoms with Crippen LogP contribution in [0.3, 0.4) is 0 Å². The molecule has 0 saturated carbocycles. The summed E-state index contributed by atoms with van der Waals surface area (Å²) in [7, 11) is 1.29. The van der Waals surface area contributed by atoms with Crippen molar-refractivity contribution < 1.29 is 13.5 Å². The van der Waals surface area contributed by atoms with Crippen LogP contribution in [0, 0.1) is 11.6 Å². The molecule has 0 saturated heterocycles. The van der Waals surface area contributed by atoms with Gasteiger partial charge in [-0.1, -0.05) is 0 Å². The minimum atomic E-state index is -0.593. The van der Waals surface area contributed by atoms with Gasteiger partial charge in [-0.25, -0.2) is 13.8 Å². The predicted octanol–water partition coefficient (Wildman–Crippen LogP) is 3.74. The molecule has 1 N–H and O–H groups in total. The molecule has 0 aliphatic carbocycles. The highest BCUT2D eigenvalue weighted by Gasteiger charge is 2.10. The van der Waals surface area contributed by atoms with Gasteiger partial charge in [0.25, 0.3) is 0 Å². The minimum Gasteiger partial charge on any atom is -0.494 e. The second kappa shape index (κ2) is 5.97. The maximum Gasteiger partial charge on any atom is 0.165 e. The molecule has 0 aliphatic heterocycles. The normalized spacial score (nSPS) is 10.3. The van der Waals surface area contributed by atoms with E-state index >= 15 is 0 Å². The van der Waals surface area contributed by atoms with Crippen LogP contribution in [0.15, 0.2) is 34.9 Å². The Morgan fingerprint density at radius 1 is 1.26 bits per heavy atom. The van der Waals surface area contributed by atoms with Crippen LogP contribution in [0.25, 0.3) is 0 Å². The third-order valence-electron chi connectivity index (χ3n) is 2.51. The van der Waals surface area contributed by atoms with E-state index in [0.717, 1.165) is 16.6 Å². The molecule has 2 rings (SSSR count). The lowest BCUT2D eigenvalue weighted by Crippen LogP contribution is -2.04. The fourth-order valence-electron chi connectivity index (χ4n) is 1.53. The quantitative estimate of drug-likeness (QED) is 0.928. The number of nitrogens with zero attached hydrogens (tertiary/aromatic N) is 1. The van der Waals surface area contributed by atoms with Crippen molar-refractivity contribution in [1.29, 1.82) is 0 Å². The highest BCUT2D eigenvalue weighted by atomic mass is 79.9. The van der Waals surface area contributed by atoms with E-state index in [4.69, 9.17) is 4.74 Å². The van der Waals surface area contributed by atoms with Gasteiger partial charge in [-0.3, -0.25) is 0 Å². The summed E-state index contributed by atoms with van der Waals surface area (Å²) in [6.07, 6.45) is 1.62. The molecular weight excluding hydrogens is 318 g/mol. The van der Waals surface area contributed by atoms with E-state index in [2.05, 4.69) is 26.2 Å². The summed E-state index contributed by atoms with van der Waals surface area (Å²) < 4.78 is 32.7. The topological polar surface area (TPSA) is 34.1 Å². The van der Waals surface area contributed by atoms with E-state index in [0.29, 0.717) is 5.82 Å². The second-order valence-corrected chi connectivity index (χ2v) is 4.71. The van der Waals surface area contributed by atoms with Crippen LogP contribution in [0.5, 0.6) is 5.75 Å². The van der Waals surface area contributed by atoms with E-state index in [-0.39, 0.29) is 17.9 Å². The fourth-order valence-corrected chi connectivity index (χ4v) is 1.76. The second-order valence-electron chi connectivity index (χ2n) is 3.79. The van der Waals surface area contributed by atoms with Gasteiger partial charge in [-0.15, -0.1) is 0 Å². The van der Waals surface area contributed by atoms with Crippen LogP contribution in [0.1, 0.15) is 5.56 Å². The first kappa shape index (κ1) is 13.7. The summed E-state index contributed by atoms with van der Waals surface area (Å²) in [5.74, 6) is -0.644. The molecule has 0 radical (unpaired) electrons. The average Bonchev–Trinajstić information content (AvgIpc) is 2.41. The lowest BCUT2D eigenvalue weighted by molar-refractivity contribution is 0.382. The van der Waals surface area contributed by atoms with Crippen molar-refractivity contribution in [3.63, 3.8) is 0 Å². The zero-order valence-corrected chi connectivity index (χ0v) is 11.7. The number of benzene rings is 1. The number of nitrogens with one attached hydrogen (secondary N) is 1. The van der Waals surface area contributed by atoms with E-state index in [1.54, 1.807) is 18.3 Å². The zero-order chi connectivity index (χ0) is 13.8. The summed E-state index contributed by atoms with van der Waals surface area (Å²) in [5.41, 5.74) is 0.211. The molecule has 0 fully saturated rings. The van der Waals surface area contributed by atoms with E-state index in [9.17, 15) is 8.78 Å². The van der Waals surface area contributed by atoms with Crippen LogP contribution in [0.4, 0.5) is 14.6 Å². The Balaban J connectivity index is 2.11. The summed E-state index contributed by atoms with van der Waals surface area (Å²) in [4.78, 5) is 4.08. The number of aromatic nitrogens is 1. The van der Waals surface area contributed by atoms with Gasteiger partial charge >= 0.3 is 0 Å². The number of hydrogen-bond donors (Lipinski definition) is 1. The molecule has 0 aliphatic rings. The SMILES string of the molecule is COc1cc(F)c(CNc2ccc(Br)cn2)cc1F. The third kappa shape index (κ3) is 3.41. The lowest BCUT2D eigenvalue weighted by Gasteiger charge is -2.09. The highest BCUT2D eigenvalue weighted by Crippen LogP contribution is 2.22. The maximum atomic E-state index is 13.7. The lowest BCUT2D eigenvalue weighted by atomic mass is 10.2. The van der Waals surface area contributed by atoms with Gasteiger partial charge < -0.3 is 10.1 Å². The molecule has 3 nitrogen and oxygen atoms in total. The number of pyridine rings is 1. The number of ether oxygens (including phenoxy) is 1. The van der Waals surface area contributed by atoms with Gasteiger partial charge in [0, 0.05) is 28.8 Å². The molecule has 2 aromatic rings. The largest absolute Gasteiger partial charge is 0.494 e.